The van der Waals surface area contributed by atoms with E-state index in [1.54, 1.807) is 0 Å². The van der Waals surface area contributed by atoms with Crippen LogP contribution < -0.4 is 0 Å². The van der Waals surface area contributed by atoms with Crippen LogP contribution in [0.3, 0.4) is 0 Å². The van der Waals surface area contributed by atoms with Crippen molar-refractivity contribution < 1.29 is 0 Å². The Morgan fingerprint density at radius 1 is 1.00 bits per heavy atom. The Labute approximate surface area is 108 Å². The summed E-state index contributed by atoms with van der Waals surface area (Å²) in [6.45, 7) is 1.97. The van der Waals surface area contributed by atoms with Crippen LogP contribution in [0.5, 0.6) is 0 Å². The van der Waals surface area contributed by atoms with E-state index < -0.39 is 0 Å². The first-order valence-electron chi connectivity index (χ1n) is 6.66. The first-order valence-corrected chi connectivity index (χ1v) is 6.66. The number of aromatic nitrogens is 1. The molecule has 0 saturated heterocycles. The van der Waals surface area contributed by atoms with Gasteiger partial charge in [0.05, 0.1) is 18.0 Å². The van der Waals surface area contributed by atoms with Crippen LogP contribution in [0.15, 0.2) is 53.7 Å². The van der Waals surface area contributed by atoms with Gasteiger partial charge in [0.2, 0.25) is 0 Å². The van der Waals surface area contributed by atoms with E-state index in [9.17, 15) is 0 Å². The number of fused-ring (bicyclic) bond motifs is 1. The van der Waals surface area contributed by atoms with Crippen LogP contribution in [0.1, 0.15) is 24.1 Å². The molecule has 0 aliphatic carbocycles. The van der Waals surface area contributed by atoms with E-state index in [4.69, 9.17) is 0 Å². The number of hydrogen-bond acceptors (Lipinski definition) is 1. The molecule has 0 amide bonds. The number of hydrogen-bond donors (Lipinski definition) is 0. The second-order valence-corrected chi connectivity index (χ2v) is 4.75. The van der Waals surface area contributed by atoms with Crippen molar-refractivity contribution in [3.8, 4) is 0 Å². The van der Waals surface area contributed by atoms with Crippen LogP contribution in [0, 0.1) is 0 Å². The molecule has 3 rings (SSSR count). The number of benzene rings is 1. The number of aliphatic imine (C=N–C) groups is 1. The summed E-state index contributed by atoms with van der Waals surface area (Å²) in [6.07, 6.45) is 5.55. The molecule has 2 heteroatoms. The van der Waals surface area contributed by atoms with Crippen molar-refractivity contribution in [3.05, 3.63) is 59.9 Å². The third-order valence-corrected chi connectivity index (χ3v) is 3.49. The standard InChI is InChI=1S/C16H18N2/c1-2-6-14(7-3-1)8-4-9-15-16-10-5-12-18(16)13-11-17-15/h1-3,5-7,10,12H,4,8-9,11,13H2. The lowest BCUT2D eigenvalue weighted by atomic mass is 10.0. The van der Waals surface area contributed by atoms with Gasteiger partial charge in [-0.3, -0.25) is 4.99 Å². The van der Waals surface area contributed by atoms with Gasteiger partial charge in [-0.2, -0.15) is 0 Å². The van der Waals surface area contributed by atoms with E-state index in [2.05, 4.69) is 58.2 Å². The summed E-state index contributed by atoms with van der Waals surface area (Å²) >= 11 is 0. The van der Waals surface area contributed by atoms with Crippen LogP contribution >= 0.6 is 0 Å². The summed E-state index contributed by atoms with van der Waals surface area (Å²) in [5.74, 6) is 0. The summed E-state index contributed by atoms with van der Waals surface area (Å²) in [5.41, 5.74) is 4.01. The molecule has 0 N–H and O–H groups in total. The van der Waals surface area contributed by atoms with Crippen molar-refractivity contribution in [2.24, 2.45) is 4.99 Å². The zero-order valence-corrected chi connectivity index (χ0v) is 10.5. The summed E-state index contributed by atoms with van der Waals surface area (Å²) in [6, 6.07) is 15.0. The Bertz CT molecular complexity index is 537. The maximum Gasteiger partial charge on any atom is 0.0621 e. The molecule has 2 nitrogen and oxygen atoms in total. The molecule has 18 heavy (non-hydrogen) atoms. The lowest BCUT2D eigenvalue weighted by Crippen LogP contribution is -2.17. The van der Waals surface area contributed by atoms with Gasteiger partial charge in [0, 0.05) is 12.7 Å². The van der Waals surface area contributed by atoms with E-state index in [1.165, 1.54) is 23.4 Å². The first-order chi connectivity index (χ1) is 8.93. The van der Waals surface area contributed by atoms with E-state index in [0.29, 0.717) is 0 Å². The Morgan fingerprint density at radius 2 is 1.89 bits per heavy atom. The van der Waals surface area contributed by atoms with Gasteiger partial charge in [-0.05, 0) is 37.0 Å². The van der Waals surface area contributed by atoms with Gasteiger partial charge in [0.1, 0.15) is 0 Å². The van der Waals surface area contributed by atoms with Gasteiger partial charge in [0.25, 0.3) is 0 Å². The van der Waals surface area contributed by atoms with Crippen molar-refractivity contribution in [1.82, 2.24) is 4.57 Å². The lowest BCUT2D eigenvalue weighted by Gasteiger charge is -2.16. The molecule has 2 heterocycles. The number of nitrogens with zero attached hydrogens (tertiary/aromatic N) is 2. The molecule has 0 atom stereocenters. The Kier molecular flexibility index (Phi) is 3.26. The van der Waals surface area contributed by atoms with E-state index in [-0.39, 0.29) is 0 Å². The molecule has 0 fully saturated rings. The quantitative estimate of drug-likeness (QED) is 0.777. The minimum atomic E-state index is 0.933. The van der Waals surface area contributed by atoms with Crippen molar-refractivity contribution >= 4 is 5.71 Å². The van der Waals surface area contributed by atoms with Crippen LogP contribution in [-0.2, 0) is 13.0 Å². The van der Waals surface area contributed by atoms with Crippen LogP contribution in [0.2, 0.25) is 0 Å². The number of rotatable bonds is 4. The maximum atomic E-state index is 4.67. The second kappa shape index (κ2) is 5.21. The number of aryl methyl sites for hydroxylation is 1. The second-order valence-electron chi connectivity index (χ2n) is 4.75. The van der Waals surface area contributed by atoms with Crippen molar-refractivity contribution in [3.63, 3.8) is 0 Å². The predicted octanol–water partition coefficient (Wildman–Crippen LogP) is 3.31. The third-order valence-electron chi connectivity index (χ3n) is 3.49. The highest BCUT2D eigenvalue weighted by molar-refractivity contribution is 5.99. The minimum absolute atomic E-state index is 0.933. The molecule has 1 aromatic heterocycles. The molecule has 92 valence electrons. The Hall–Kier alpha value is -1.83. The lowest BCUT2D eigenvalue weighted by molar-refractivity contribution is 0.681. The molecule has 0 spiro atoms. The molecule has 0 unspecified atom stereocenters. The van der Waals surface area contributed by atoms with Gasteiger partial charge < -0.3 is 4.57 Å². The molecule has 0 radical (unpaired) electrons. The fourth-order valence-electron chi connectivity index (χ4n) is 2.56. The highest BCUT2D eigenvalue weighted by atomic mass is 15.0. The highest BCUT2D eigenvalue weighted by Gasteiger charge is 2.12. The van der Waals surface area contributed by atoms with Gasteiger partial charge in [-0.15, -0.1) is 0 Å². The average molecular weight is 238 g/mol. The zero-order valence-electron chi connectivity index (χ0n) is 10.5. The van der Waals surface area contributed by atoms with E-state index >= 15 is 0 Å². The van der Waals surface area contributed by atoms with Crippen molar-refractivity contribution in [2.45, 2.75) is 25.8 Å². The SMILES string of the molecule is c1ccc(CCCC2=NCCn3cccc32)cc1. The first kappa shape index (κ1) is 11.3. The molecule has 1 aliphatic rings. The molecule has 1 aromatic carbocycles. The van der Waals surface area contributed by atoms with Crippen molar-refractivity contribution in [1.29, 1.82) is 0 Å². The summed E-state index contributed by atoms with van der Waals surface area (Å²) in [5, 5.41) is 0. The van der Waals surface area contributed by atoms with Crippen LogP contribution in [0.4, 0.5) is 0 Å². The largest absolute Gasteiger partial charge is 0.345 e. The van der Waals surface area contributed by atoms with E-state index in [1.807, 2.05) is 0 Å². The molecule has 0 bridgehead atoms. The zero-order chi connectivity index (χ0) is 12.2. The Balaban J connectivity index is 1.60. The van der Waals surface area contributed by atoms with Crippen molar-refractivity contribution in [2.75, 3.05) is 6.54 Å². The van der Waals surface area contributed by atoms with Gasteiger partial charge in [0.15, 0.2) is 0 Å². The fraction of sp³-hybridized carbons (Fsp3) is 0.312. The fourth-order valence-corrected chi connectivity index (χ4v) is 2.56. The topological polar surface area (TPSA) is 17.3 Å². The monoisotopic (exact) mass is 238 g/mol. The van der Waals surface area contributed by atoms with Gasteiger partial charge in [-0.25, -0.2) is 0 Å². The smallest absolute Gasteiger partial charge is 0.0621 e. The predicted molar refractivity (Wildman–Crippen MR) is 75.2 cm³/mol. The molecular weight excluding hydrogens is 220 g/mol. The minimum Gasteiger partial charge on any atom is -0.345 e. The Morgan fingerprint density at radius 3 is 2.78 bits per heavy atom. The summed E-state index contributed by atoms with van der Waals surface area (Å²) in [7, 11) is 0. The third kappa shape index (κ3) is 2.37. The normalized spacial score (nSPS) is 14.1. The molecule has 1 aliphatic heterocycles. The maximum absolute atomic E-state index is 4.67. The average Bonchev–Trinajstić information content (AvgIpc) is 2.89. The molecular formula is C16H18N2. The summed E-state index contributed by atoms with van der Waals surface area (Å²) in [4.78, 5) is 4.67. The highest BCUT2D eigenvalue weighted by Crippen LogP contribution is 2.14. The molecule has 0 saturated carbocycles. The van der Waals surface area contributed by atoms with Gasteiger partial charge in [-0.1, -0.05) is 30.3 Å². The van der Waals surface area contributed by atoms with E-state index in [0.717, 1.165) is 25.9 Å². The van der Waals surface area contributed by atoms with Gasteiger partial charge >= 0.3 is 0 Å². The van der Waals surface area contributed by atoms with Crippen LogP contribution in [0.25, 0.3) is 0 Å². The summed E-state index contributed by atoms with van der Waals surface area (Å²) < 4.78 is 2.31. The molecule has 2 aromatic rings. The van der Waals surface area contributed by atoms with Crippen LogP contribution in [-0.4, -0.2) is 16.8 Å².